The second kappa shape index (κ2) is 5.95. The van der Waals surface area contributed by atoms with Gasteiger partial charge in [0.15, 0.2) is 5.69 Å². The van der Waals surface area contributed by atoms with Gasteiger partial charge in [-0.1, -0.05) is 0 Å². The monoisotopic (exact) mass is 387 g/mol. The fourth-order valence-electron chi connectivity index (χ4n) is 3.47. The molecule has 140 valence electrons. The molecule has 7 nitrogen and oxygen atoms in total. The topological polar surface area (TPSA) is 70.5 Å². The van der Waals surface area contributed by atoms with Crippen LogP contribution in [0.1, 0.15) is 15.4 Å². The molecule has 11 heteroatoms. The minimum Gasteiger partial charge on any atom is -0.353 e. The van der Waals surface area contributed by atoms with Gasteiger partial charge in [0.2, 0.25) is 5.91 Å². The molecule has 1 atom stereocenters. The Morgan fingerprint density at radius 3 is 2.85 bits per heavy atom. The van der Waals surface area contributed by atoms with Crippen molar-refractivity contribution in [3.8, 4) is 0 Å². The van der Waals surface area contributed by atoms with Gasteiger partial charge in [-0.3, -0.25) is 19.2 Å². The van der Waals surface area contributed by atoms with Crippen molar-refractivity contribution in [2.75, 3.05) is 32.7 Å². The van der Waals surface area contributed by atoms with Crippen LogP contribution >= 0.6 is 11.3 Å². The van der Waals surface area contributed by atoms with Crippen LogP contribution in [0.2, 0.25) is 0 Å². The highest BCUT2D eigenvalue weighted by molar-refractivity contribution is 7.20. The third-order valence-electron chi connectivity index (χ3n) is 4.77. The number of amides is 2. The maximum absolute atomic E-state index is 13.1. The van der Waals surface area contributed by atoms with Crippen molar-refractivity contribution in [3.05, 3.63) is 16.6 Å². The molecule has 0 bridgehead atoms. The quantitative estimate of drug-likeness (QED) is 0.790. The van der Waals surface area contributed by atoms with E-state index in [4.69, 9.17) is 0 Å². The molecular weight excluding hydrogens is 371 g/mol. The van der Waals surface area contributed by atoms with Crippen molar-refractivity contribution in [2.24, 2.45) is 7.05 Å². The molecule has 26 heavy (non-hydrogen) atoms. The summed E-state index contributed by atoms with van der Waals surface area (Å²) in [5.74, 6) is -0.467. The Bertz CT molecular complexity index is 890. The first-order valence-corrected chi connectivity index (χ1v) is 8.92. The van der Waals surface area contributed by atoms with Crippen LogP contribution in [0.25, 0.3) is 10.2 Å². The number of carbonyl (C=O) groups excluding carboxylic acids is 2. The smallest absolute Gasteiger partial charge is 0.353 e. The molecule has 0 saturated carbocycles. The maximum Gasteiger partial charge on any atom is 0.435 e. The zero-order chi connectivity index (χ0) is 18.6. The summed E-state index contributed by atoms with van der Waals surface area (Å²) < 4.78 is 40.5. The van der Waals surface area contributed by atoms with Crippen LogP contribution in [0, 0.1) is 0 Å². The largest absolute Gasteiger partial charge is 0.435 e. The van der Waals surface area contributed by atoms with Gasteiger partial charge in [-0.05, 0) is 6.07 Å². The molecule has 0 aliphatic carbocycles. The fraction of sp³-hybridized carbons (Fsp3) is 0.533. The Hall–Kier alpha value is -2.14. The molecule has 2 fully saturated rings. The van der Waals surface area contributed by atoms with Crippen molar-refractivity contribution >= 4 is 33.4 Å². The molecule has 2 aliphatic rings. The first kappa shape index (κ1) is 17.3. The minimum absolute atomic E-state index is 0.0672. The fourth-order valence-corrected chi connectivity index (χ4v) is 4.51. The molecule has 0 spiro atoms. The lowest BCUT2D eigenvalue weighted by molar-refractivity contribution is -0.140. The summed E-state index contributed by atoms with van der Waals surface area (Å²) in [7, 11) is 1.42. The van der Waals surface area contributed by atoms with Crippen molar-refractivity contribution in [3.63, 3.8) is 0 Å². The molecule has 2 aromatic heterocycles. The van der Waals surface area contributed by atoms with Gasteiger partial charge in [0.1, 0.15) is 10.9 Å². The van der Waals surface area contributed by atoms with Gasteiger partial charge >= 0.3 is 6.18 Å². The number of hydrogen-bond donors (Lipinski definition) is 1. The predicted molar refractivity (Wildman–Crippen MR) is 87.9 cm³/mol. The van der Waals surface area contributed by atoms with Crippen LogP contribution in [-0.4, -0.2) is 70.2 Å². The van der Waals surface area contributed by atoms with E-state index in [0.717, 1.165) is 22.6 Å². The number of rotatable bonds is 1. The lowest BCUT2D eigenvalue weighted by atomic mass is 10.1. The number of alkyl halides is 3. The number of carbonyl (C=O) groups is 2. The summed E-state index contributed by atoms with van der Waals surface area (Å²) in [6, 6.07) is 0.856. The number of nitrogens with zero attached hydrogens (tertiary/aromatic N) is 4. The normalized spacial score (nSPS) is 21.8. The van der Waals surface area contributed by atoms with Crippen LogP contribution in [-0.2, 0) is 18.0 Å². The van der Waals surface area contributed by atoms with E-state index in [0.29, 0.717) is 24.5 Å². The Morgan fingerprint density at radius 2 is 2.12 bits per heavy atom. The van der Waals surface area contributed by atoms with E-state index in [2.05, 4.69) is 10.4 Å². The van der Waals surface area contributed by atoms with Crippen LogP contribution in [0.15, 0.2) is 6.07 Å². The van der Waals surface area contributed by atoms with Crippen LogP contribution in [0.3, 0.4) is 0 Å². The third-order valence-corrected chi connectivity index (χ3v) is 5.96. The molecule has 0 aromatic carbocycles. The molecule has 1 unspecified atom stereocenters. The van der Waals surface area contributed by atoms with Gasteiger partial charge < -0.3 is 10.2 Å². The van der Waals surface area contributed by atoms with Crippen molar-refractivity contribution in [1.82, 2.24) is 24.9 Å². The zero-order valence-electron chi connectivity index (χ0n) is 13.8. The summed E-state index contributed by atoms with van der Waals surface area (Å²) in [6.07, 6.45) is -4.58. The van der Waals surface area contributed by atoms with E-state index >= 15 is 0 Å². The Kier molecular flexibility index (Phi) is 3.95. The van der Waals surface area contributed by atoms with E-state index in [1.807, 2.05) is 4.90 Å². The summed E-state index contributed by atoms with van der Waals surface area (Å²) in [5.41, 5.74) is -0.984. The van der Waals surface area contributed by atoms with Crippen LogP contribution in [0.4, 0.5) is 13.2 Å². The zero-order valence-corrected chi connectivity index (χ0v) is 14.7. The lowest BCUT2D eigenvalue weighted by Crippen LogP contribution is -2.64. The summed E-state index contributed by atoms with van der Waals surface area (Å²) in [5, 5.41) is 6.23. The average molecular weight is 387 g/mol. The average Bonchev–Trinajstić information content (AvgIpc) is 3.14. The predicted octanol–water partition coefficient (Wildman–Crippen LogP) is 0.910. The van der Waals surface area contributed by atoms with Crippen LogP contribution < -0.4 is 5.32 Å². The Balaban J connectivity index is 1.61. The highest BCUT2D eigenvalue weighted by Gasteiger charge is 2.39. The number of fused-ring (bicyclic) bond motifs is 2. The standard InChI is InChI=1S/C15H16F3N5O2S/c1-21-14-8(11(20-21)15(16,17)18)6-10(26-14)13(25)23-5-4-22-3-2-19-12(24)9(22)7-23/h6,9H,2-5,7H2,1H3,(H,19,24). The molecule has 4 heterocycles. The number of hydrogen-bond acceptors (Lipinski definition) is 5. The van der Waals surface area contributed by atoms with E-state index < -0.39 is 17.9 Å². The summed E-state index contributed by atoms with van der Waals surface area (Å²) in [4.78, 5) is 28.9. The highest BCUT2D eigenvalue weighted by Crippen LogP contribution is 2.37. The van der Waals surface area contributed by atoms with Crippen molar-refractivity contribution in [1.29, 1.82) is 0 Å². The molecule has 2 aromatic rings. The molecule has 2 saturated heterocycles. The molecule has 1 N–H and O–H groups in total. The summed E-state index contributed by atoms with van der Waals surface area (Å²) in [6.45, 7) is 2.59. The van der Waals surface area contributed by atoms with Crippen LogP contribution in [0.5, 0.6) is 0 Å². The number of halogens is 3. The van der Waals surface area contributed by atoms with E-state index in [1.54, 1.807) is 0 Å². The number of thiophene rings is 1. The molecule has 4 rings (SSSR count). The second-order valence-electron chi connectivity index (χ2n) is 6.39. The van der Waals surface area contributed by atoms with Gasteiger partial charge in [0.05, 0.1) is 4.88 Å². The molecule has 2 amide bonds. The van der Waals surface area contributed by atoms with Crippen molar-refractivity contribution in [2.45, 2.75) is 12.2 Å². The lowest BCUT2D eigenvalue weighted by Gasteiger charge is -2.42. The number of aromatic nitrogens is 2. The minimum atomic E-state index is -4.58. The second-order valence-corrected chi connectivity index (χ2v) is 7.42. The van der Waals surface area contributed by atoms with Crippen molar-refractivity contribution < 1.29 is 22.8 Å². The van der Waals surface area contributed by atoms with Gasteiger partial charge in [0, 0.05) is 45.2 Å². The Labute approximate surface area is 150 Å². The molecule has 0 radical (unpaired) electrons. The SMILES string of the molecule is Cn1nc(C(F)(F)F)c2cc(C(=O)N3CCN4CCNC(=O)C4C3)sc21. The highest BCUT2D eigenvalue weighted by atomic mass is 32.1. The van der Waals surface area contributed by atoms with Gasteiger partial charge in [0.25, 0.3) is 5.91 Å². The number of piperazine rings is 2. The van der Waals surface area contributed by atoms with Gasteiger partial charge in [-0.15, -0.1) is 11.3 Å². The molecule has 2 aliphatic heterocycles. The van der Waals surface area contributed by atoms with E-state index in [9.17, 15) is 22.8 Å². The molecular formula is C15H16F3N5O2S. The van der Waals surface area contributed by atoms with Gasteiger partial charge in [-0.25, -0.2) is 0 Å². The first-order chi connectivity index (χ1) is 12.3. The van der Waals surface area contributed by atoms with E-state index in [-0.39, 0.29) is 28.6 Å². The van der Waals surface area contributed by atoms with E-state index in [1.165, 1.54) is 18.0 Å². The third kappa shape index (κ3) is 2.75. The first-order valence-electron chi connectivity index (χ1n) is 8.10. The van der Waals surface area contributed by atoms with Gasteiger partial charge in [-0.2, -0.15) is 18.3 Å². The summed E-state index contributed by atoms with van der Waals surface area (Å²) >= 11 is 0.988. The maximum atomic E-state index is 13.1. The Morgan fingerprint density at radius 1 is 1.35 bits per heavy atom. The number of nitrogens with one attached hydrogen (secondary N) is 1. The number of aryl methyl sites for hydroxylation is 1.